The largest absolute Gasteiger partial charge is 0.416 e. The number of hydrogen-bond acceptors (Lipinski definition) is 3. The minimum atomic E-state index is -4.52. The molecule has 0 unspecified atom stereocenters. The van der Waals surface area contributed by atoms with Crippen LogP contribution in [0.4, 0.5) is 18.9 Å². The van der Waals surface area contributed by atoms with Crippen LogP contribution in [0.5, 0.6) is 0 Å². The quantitative estimate of drug-likeness (QED) is 0.817. The second-order valence-electron chi connectivity index (χ2n) is 7.02. The Balaban J connectivity index is 1.59. The molecule has 0 spiro atoms. The van der Waals surface area contributed by atoms with Gasteiger partial charge in [0.15, 0.2) is 0 Å². The van der Waals surface area contributed by atoms with Crippen LogP contribution in [0.1, 0.15) is 34.3 Å². The molecule has 2 aromatic carbocycles. The molecule has 0 atom stereocenters. The summed E-state index contributed by atoms with van der Waals surface area (Å²) in [6, 6.07) is 10.8. The van der Waals surface area contributed by atoms with Gasteiger partial charge in [-0.25, -0.2) is 0 Å². The zero-order valence-electron chi connectivity index (χ0n) is 15.6. The molecule has 0 radical (unpaired) electrons. The van der Waals surface area contributed by atoms with Crippen molar-refractivity contribution in [1.29, 1.82) is 0 Å². The van der Waals surface area contributed by atoms with E-state index in [1.54, 1.807) is 29.2 Å². The van der Waals surface area contributed by atoms with Crippen LogP contribution < -0.4 is 5.32 Å². The first-order valence-corrected chi connectivity index (χ1v) is 9.26. The molecule has 1 aliphatic heterocycles. The van der Waals surface area contributed by atoms with Crippen LogP contribution in [0.3, 0.4) is 0 Å². The summed E-state index contributed by atoms with van der Waals surface area (Å²) in [7, 11) is 0. The standard InChI is InChI=1S/C21H21F3N2O3/c22-21(23,24)16-3-1-2-15(13-16)20(29)25-17-6-4-14(5-7-17)12-19(28)26-10-8-18(27)9-11-26/h1-7,13,18,27H,8-12H2,(H,25,29). The number of alkyl halides is 3. The van der Waals surface area contributed by atoms with E-state index in [4.69, 9.17) is 0 Å². The molecular weight excluding hydrogens is 385 g/mol. The van der Waals surface area contributed by atoms with Gasteiger partial charge in [-0.3, -0.25) is 9.59 Å². The second kappa shape index (κ2) is 8.65. The SMILES string of the molecule is O=C(Nc1ccc(CC(=O)N2CCC(O)CC2)cc1)c1cccc(C(F)(F)F)c1. The highest BCUT2D eigenvalue weighted by Gasteiger charge is 2.30. The van der Waals surface area contributed by atoms with E-state index >= 15 is 0 Å². The van der Waals surface area contributed by atoms with E-state index < -0.39 is 17.6 Å². The van der Waals surface area contributed by atoms with Crippen LogP contribution >= 0.6 is 0 Å². The van der Waals surface area contributed by atoms with Crippen LogP contribution in [0.2, 0.25) is 0 Å². The molecule has 0 bridgehead atoms. The van der Waals surface area contributed by atoms with Gasteiger partial charge in [-0.2, -0.15) is 13.2 Å². The molecule has 0 saturated carbocycles. The summed E-state index contributed by atoms with van der Waals surface area (Å²) in [5, 5.41) is 12.1. The van der Waals surface area contributed by atoms with E-state index in [-0.39, 0.29) is 24.0 Å². The van der Waals surface area contributed by atoms with Crippen LogP contribution in [-0.2, 0) is 17.4 Å². The van der Waals surface area contributed by atoms with E-state index in [1.165, 1.54) is 12.1 Å². The van der Waals surface area contributed by atoms with E-state index in [0.29, 0.717) is 31.6 Å². The Labute approximate surface area is 166 Å². The molecule has 3 rings (SSSR count). The van der Waals surface area contributed by atoms with Gasteiger partial charge < -0.3 is 15.3 Å². The molecule has 1 saturated heterocycles. The van der Waals surface area contributed by atoms with Gasteiger partial charge in [0.25, 0.3) is 5.91 Å². The first kappa shape index (κ1) is 20.9. The number of aliphatic hydroxyl groups is 1. The summed E-state index contributed by atoms with van der Waals surface area (Å²) < 4.78 is 38.4. The van der Waals surface area contributed by atoms with Gasteiger partial charge in [-0.05, 0) is 48.7 Å². The number of carbonyl (C=O) groups is 2. The number of piperidine rings is 1. The average molecular weight is 406 g/mol. The molecule has 29 heavy (non-hydrogen) atoms. The number of anilines is 1. The van der Waals surface area contributed by atoms with Gasteiger partial charge >= 0.3 is 6.18 Å². The third-order valence-corrected chi connectivity index (χ3v) is 4.84. The number of amides is 2. The Kier molecular flexibility index (Phi) is 6.22. The zero-order valence-corrected chi connectivity index (χ0v) is 15.6. The highest BCUT2D eigenvalue weighted by atomic mass is 19.4. The second-order valence-corrected chi connectivity index (χ2v) is 7.02. The molecule has 5 nitrogen and oxygen atoms in total. The number of hydrogen-bond donors (Lipinski definition) is 2. The smallest absolute Gasteiger partial charge is 0.393 e. The fourth-order valence-electron chi connectivity index (χ4n) is 3.15. The summed E-state index contributed by atoms with van der Waals surface area (Å²) in [4.78, 5) is 26.3. The number of nitrogens with zero attached hydrogens (tertiary/aromatic N) is 1. The lowest BCUT2D eigenvalue weighted by molar-refractivity contribution is -0.137. The molecule has 1 aliphatic rings. The van der Waals surface area contributed by atoms with Gasteiger partial charge in [0, 0.05) is 24.3 Å². The molecule has 8 heteroatoms. The Morgan fingerprint density at radius 3 is 2.34 bits per heavy atom. The van der Waals surface area contributed by atoms with E-state index in [2.05, 4.69) is 5.32 Å². The van der Waals surface area contributed by atoms with Crippen molar-refractivity contribution >= 4 is 17.5 Å². The normalized spacial score (nSPS) is 15.2. The molecule has 2 aromatic rings. The van der Waals surface area contributed by atoms with Crippen molar-refractivity contribution in [3.63, 3.8) is 0 Å². The zero-order chi connectivity index (χ0) is 21.0. The summed E-state index contributed by atoms with van der Waals surface area (Å²) in [5.74, 6) is -0.676. The monoisotopic (exact) mass is 406 g/mol. The van der Waals surface area contributed by atoms with Crippen molar-refractivity contribution in [3.05, 3.63) is 65.2 Å². The lowest BCUT2D eigenvalue weighted by atomic mass is 10.1. The average Bonchev–Trinajstić information content (AvgIpc) is 2.69. The number of rotatable bonds is 4. The maximum Gasteiger partial charge on any atom is 0.416 e. The Hall–Kier alpha value is -2.87. The van der Waals surface area contributed by atoms with Gasteiger partial charge in [0.2, 0.25) is 5.91 Å². The van der Waals surface area contributed by atoms with Gasteiger partial charge in [0.1, 0.15) is 0 Å². The molecule has 1 fully saturated rings. The maximum absolute atomic E-state index is 12.8. The third kappa shape index (κ3) is 5.57. The van der Waals surface area contributed by atoms with E-state index in [1.807, 2.05) is 0 Å². The van der Waals surface area contributed by atoms with Crippen molar-refractivity contribution in [3.8, 4) is 0 Å². The molecule has 2 amide bonds. The first-order valence-electron chi connectivity index (χ1n) is 9.26. The number of nitrogens with one attached hydrogen (secondary N) is 1. The molecule has 1 heterocycles. The van der Waals surface area contributed by atoms with Gasteiger partial charge in [-0.15, -0.1) is 0 Å². The van der Waals surface area contributed by atoms with Crippen molar-refractivity contribution < 1.29 is 27.9 Å². The Morgan fingerprint density at radius 2 is 1.72 bits per heavy atom. The molecular formula is C21H21F3N2O3. The van der Waals surface area contributed by atoms with Crippen molar-refractivity contribution in [2.45, 2.75) is 31.5 Å². The fraction of sp³-hybridized carbons (Fsp3) is 0.333. The van der Waals surface area contributed by atoms with Crippen LogP contribution in [0.15, 0.2) is 48.5 Å². The number of likely N-dealkylation sites (tertiary alicyclic amines) is 1. The number of halogens is 3. The minimum Gasteiger partial charge on any atom is -0.393 e. The van der Waals surface area contributed by atoms with Crippen LogP contribution in [0.25, 0.3) is 0 Å². The van der Waals surface area contributed by atoms with Crippen molar-refractivity contribution in [2.24, 2.45) is 0 Å². The summed E-state index contributed by atoms with van der Waals surface area (Å²) in [6.45, 7) is 1.07. The number of benzene rings is 2. The van der Waals surface area contributed by atoms with Crippen LogP contribution in [-0.4, -0.2) is 41.0 Å². The fourth-order valence-corrected chi connectivity index (χ4v) is 3.15. The highest BCUT2D eigenvalue weighted by Crippen LogP contribution is 2.29. The lowest BCUT2D eigenvalue weighted by Gasteiger charge is -2.29. The highest BCUT2D eigenvalue weighted by molar-refractivity contribution is 6.04. The van der Waals surface area contributed by atoms with E-state index in [0.717, 1.165) is 17.7 Å². The van der Waals surface area contributed by atoms with Crippen molar-refractivity contribution in [2.75, 3.05) is 18.4 Å². The Morgan fingerprint density at radius 1 is 1.07 bits per heavy atom. The predicted octanol–water partition coefficient (Wildman–Crippen LogP) is 3.48. The van der Waals surface area contributed by atoms with Gasteiger partial charge in [0.05, 0.1) is 18.1 Å². The van der Waals surface area contributed by atoms with E-state index in [9.17, 15) is 27.9 Å². The predicted molar refractivity (Wildman–Crippen MR) is 101 cm³/mol. The van der Waals surface area contributed by atoms with Crippen LogP contribution in [0, 0.1) is 0 Å². The maximum atomic E-state index is 12.8. The number of aliphatic hydroxyl groups excluding tert-OH is 1. The number of carbonyl (C=O) groups excluding carboxylic acids is 2. The minimum absolute atomic E-state index is 0.0300. The Bertz CT molecular complexity index is 873. The van der Waals surface area contributed by atoms with Crippen molar-refractivity contribution in [1.82, 2.24) is 4.90 Å². The molecule has 2 N–H and O–H groups in total. The lowest BCUT2D eigenvalue weighted by Crippen LogP contribution is -2.40. The summed E-state index contributed by atoms with van der Waals surface area (Å²) in [6.07, 6.45) is -3.51. The summed E-state index contributed by atoms with van der Waals surface area (Å²) >= 11 is 0. The third-order valence-electron chi connectivity index (χ3n) is 4.84. The van der Waals surface area contributed by atoms with Gasteiger partial charge in [-0.1, -0.05) is 18.2 Å². The first-order chi connectivity index (χ1) is 13.7. The summed E-state index contributed by atoms with van der Waals surface area (Å²) in [5.41, 5.74) is 0.207. The molecule has 154 valence electrons. The molecule has 0 aromatic heterocycles. The topological polar surface area (TPSA) is 69.6 Å². The molecule has 0 aliphatic carbocycles.